The molecule has 8 nitrogen and oxygen atoms in total. The van der Waals surface area contributed by atoms with Crippen LogP contribution in [0, 0.1) is 0 Å². The number of aryl methyl sites for hydroxylation is 1. The summed E-state index contributed by atoms with van der Waals surface area (Å²) in [7, 11) is 3.25. The molecule has 0 aliphatic rings. The minimum Gasteiger partial charge on any atom is -0.495 e. The number of methoxy groups -OCH3 is 1. The predicted octanol–water partition coefficient (Wildman–Crippen LogP) is 1.82. The van der Waals surface area contributed by atoms with Crippen molar-refractivity contribution in [2.75, 3.05) is 7.11 Å². The molecule has 3 N–H and O–H groups in total. The molecule has 0 saturated heterocycles. The zero-order valence-electron chi connectivity index (χ0n) is 16.0. The highest BCUT2D eigenvalue weighted by molar-refractivity contribution is 5.95. The molecule has 3 aromatic heterocycles. The number of pyridine rings is 2. The van der Waals surface area contributed by atoms with Gasteiger partial charge >= 0.3 is 5.97 Å². The van der Waals surface area contributed by atoms with Crippen LogP contribution in [0.2, 0.25) is 0 Å². The van der Waals surface area contributed by atoms with E-state index in [0.29, 0.717) is 28.2 Å². The van der Waals surface area contributed by atoms with Crippen LogP contribution in [0.15, 0.2) is 53.6 Å². The monoisotopic (exact) mass is 392 g/mol. The topological polar surface area (TPSA) is 112 Å². The van der Waals surface area contributed by atoms with E-state index in [1.807, 2.05) is 24.3 Å². The van der Waals surface area contributed by atoms with Crippen LogP contribution in [0.25, 0.3) is 27.7 Å². The zero-order chi connectivity index (χ0) is 20.7. The lowest BCUT2D eigenvalue weighted by atomic mass is 10.0. The minimum atomic E-state index is -1.08. The molecule has 3 heterocycles. The Labute approximate surface area is 165 Å². The van der Waals surface area contributed by atoms with Crippen LogP contribution < -0.4 is 16.0 Å². The summed E-state index contributed by atoms with van der Waals surface area (Å²) in [5.41, 5.74) is 8.49. The lowest BCUT2D eigenvalue weighted by Crippen LogP contribution is -2.32. The summed E-state index contributed by atoms with van der Waals surface area (Å²) < 4.78 is 8.99. The van der Waals surface area contributed by atoms with Crippen molar-refractivity contribution in [1.82, 2.24) is 14.0 Å². The SMILES string of the molecule is COc1c(-c2ccc(CC(N)C(=O)O)n3ccnc23)c(=O)n(C)c2ccccc12. The van der Waals surface area contributed by atoms with Crippen LogP contribution >= 0.6 is 0 Å². The Morgan fingerprint density at radius 2 is 2.03 bits per heavy atom. The fourth-order valence-corrected chi connectivity index (χ4v) is 3.66. The summed E-state index contributed by atoms with van der Waals surface area (Å²) in [5.74, 6) is -0.601. The number of imidazole rings is 1. The number of nitrogens with two attached hydrogens (primary N) is 1. The molecule has 8 heteroatoms. The van der Waals surface area contributed by atoms with Crippen LogP contribution in [-0.2, 0) is 18.3 Å². The number of carboxylic acid groups (broad SMARTS) is 1. The van der Waals surface area contributed by atoms with Crippen molar-refractivity contribution in [3.05, 3.63) is 64.8 Å². The van der Waals surface area contributed by atoms with E-state index in [1.54, 1.807) is 40.5 Å². The molecule has 4 rings (SSSR count). The Hall–Kier alpha value is -3.65. The fourth-order valence-electron chi connectivity index (χ4n) is 3.66. The molecule has 148 valence electrons. The zero-order valence-corrected chi connectivity index (χ0v) is 16.0. The Morgan fingerprint density at radius 1 is 1.28 bits per heavy atom. The van der Waals surface area contributed by atoms with Crippen molar-refractivity contribution in [3.63, 3.8) is 0 Å². The summed E-state index contributed by atoms with van der Waals surface area (Å²) in [6.07, 6.45) is 3.46. The van der Waals surface area contributed by atoms with Gasteiger partial charge in [0, 0.05) is 42.5 Å². The van der Waals surface area contributed by atoms with Gasteiger partial charge in [0.25, 0.3) is 5.56 Å². The fraction of sp³-hybridized carbons (Fsp3) is 0.190. The van der Waals surface area contributed by atoms with E-state index in [9.17, 15) is 9.59 Å². The molecule has 1 unspecified atom stereocenters. The van der Waals surface area contributed by atoms with Crippen LogP contribution in [0.4, 0.5) is 0 Å². The van der Waals surface area contributed by atoms with E-state index < -0.39 is 12.0 Å². The summed E-state index contributed by atoms with van der Waals surface area (Å²) >= 11 is 0. The first-order valence-corrected chi connectivity index (χ1v) is 9.03. The third-order valence-corrected chi connectivity index (χ3v) is 5.11. The number of rotatable bonds is 5. The molecule has 4 aromatic rings. The van der Waals surface area contributed by atoms with E-state index in [0.717, 1.165) is 10.9 Å². The summed E-state index contributed by atoms with van der Waals surface area (Å²) in [6.45, 7) is 0. The number of aliphatic carboxylic acids is 1. The third kappa shape index (κ3) is 2.94. The van der Waals surface area contributed by atoms with Crippen molar-refractivity contribution in [3.8, 4) is 16.9 Å². The summed E-state index contributed by atoms with van der Waals surface area (Å²) in [4.78, 5) is 28.8. The molecule has 0 fully saturated rings. The van der Waals surface area contributed by atoms with Gasteiger partial charge in [-0.3, -0.25) is 9.59 Å². The lowest BCUT2D eigenvalue weighted by molar-refractivity contribution is -0.138. The first-order valence-electron chi connectivity index (χ1n) is 9.03. The van der Waals surface area contributed by atoms with Gasteiger partial charge < -0.3 is 24.5 Å². The van der Waals surface area contributed by atoms with Gasteiger partial charge in [0.15, 0.2) is 0 Å². The number of carboxylic acids is 1. The lowest BCUT2D eigenvalue weighted by Gasteiger charge is -2.16. The Bertz CT molecular complexity index is 1310. The molecule has 1 atom stereocenters. The van der Waals surface area contributed by atoms with E-state index in [2.05, 4.69) is 4.98 Å². The predicted molar refractivity (Wildman–Crippen MR) is 109 cm³/mol. The van der Waals surface area contributed by atoms with Crippen molar-refractivity contribution in [1.29, 1.82) is 0 Å². The van der Waals surface area contributed by atoms with Crippen LogP contribution in [0.1, 0.15) is 5.69 Å². The minimum absolute atomic E-state index is 0.134. The number of nitrogens with zero attached hydrogens (tertiary/aromatic N) is 3. The average molecular weight is 392 g/mol. The first-order chi connectivity index (χ1) is 13.9. The second kappa shape index (κ2) is 7.06. The van der Waals surface area contributed by atoms with Gasteiger partial charge in [0.2, 0.25) is 0 Å². The van der Waals surface area contributed by atoms with Crippen LogP contribution in [0.3, 0.4) is 0 Å². The maximum atomic E-state index is 13.2. The number of fused-ring (bicyclic) bond motifs is 2. The second-order valence-corrected chi connectivity index (χ2v) is 6.80. The molecule has 0 amide bonds. The number of hydrogen-bond acceptors (Lipinski definition) is 5. The van der Waals surface area contributed by atoms with Crippen LogP contribution in [-0.4, -0.2) is 38.2 Å². The number of carbonyl (C=O) groups is 1. The molecule has 0 aliphatic carbocycles. The highest BCUT2D eigenvalue weighted by Gasteiger charge is 2.22. The molecule has 0 spiro atoms. The maximum Gasteiger partial charge on any atom is 0.320 e. The second-order valence-electron chi connectivity index (χ2n) is 6.80. The Morgan fingerprint density at radius 3 is 2.76 bits per heavy atom. The van der Waals surface area contributed by atoms with E-state index in [1.165, 1.54) is 7.11 Å². The average Bonchev–Trinajstić information content (AvgIpc) is 3.21. The normalized spacial score (nSPS) is 12.4. The van der Waals surface area contributed by atoms with Crippen molar-refractivity contribution >= 4 is 22.5 Å². The van der Waals surface area contributed by atoms with Crippen molar-refractivity contribution in [2.24, 2.45) is 12.8 Å². The largest absolute Gasteiger partial charge is 0.495 e. The first kappa shape index (κ1) is 18.7. The highest BCUT2D eigenvalue weighted by atomic mass is 16.5. The molecule has 1 aromatic carbocycles. The van der Waals surface area contributed by atoms with Crippen LogP contribution in [0.5, 0.6) is 5.75 Å². The number of para-hydroxylation sites is 1. The standard InChI is InChI=1S/C21H20N4O4/c1-24-16-6-4-3-5-13(16)18(29-2)17(20(24)26)14-8-7-12(11-15(22)21(27)28)25-10-9-23-19(14)25/h3-10,15H,11,22H2,1-2H3,(H,27,28). The molecule has 0 radical (unpaired) electrons. The van der Waals surface area contributed by atoms with Crippen molar-refractivity contribution in [2.45, 2.75) is 12.5 Å². The van der Waals surface area contributed by atoms with Gasteiger partial charge in [-0.2, -0.15) is 0 Å². The van der Waals surface area contributed by atoms with E-state index in [4.69, 9.17) is 15.6 Å². The molecular weight excluding hydrogens is 372 g/mol. The number of ether oxygens (including phenoxy) is 1. The van der Waals surface area contributed by atoms with E-state index in [-0.39, 0.29) is 12.0 Å². The van der Waals surface area contributed by atoms with Gasteiger partial charge in [-0.05, 0) is 24.3 Å². The quantitative estimate of drug-likeness (QED) is 0.536. The third-order valence-electron chi connectivity index (χ3n) is 5.11. The van der Waals surface area contributed by atoms with Gasteiger partial charge in [-0.1, -0.05) is 12.1 Å². The van der Waals surface area contributed by atoms with Gasteiger partial charge in [-0.25, -0.2) is 4.98 Å². The van der Waals surface area contributed by atoms with E-state index >= 15 is 0 Å². The highest BCUT2D eigenvalue weighted by Crippen LogP contribution is 2.35. The summed E-state index contributed by atoms with van der Waals surface area (Å²) in [6, 6.07) is 10.0. The maximum absolute atomic E-state index is 13.2. The van der Waals surface area contributed by atoms with Crippen molar-refractivity contribution < 1.29 is 14.6 Å². The molecule has 0 aliphatic heterocycles. The Kier molecular flexibility index (Phi) is 4.56. The Balaban J connectivity index is 2.01. The molecule has 0 saturated carbocycles. The van der Waals surface area contributed by atoms with Gasteiger partial charge in [-0.15, -0.1) is 0 Å². The molecule has 0 bridgehead atoms. The summed E-state index contributed by atoms with van der Waals surface area (Å²) in [5, 5.41) is 9.94. The number of aromatic nitrogens is 3. The smallest absolute Gasteiger partial charge is 0.320 e. The van der Waals surface area contributed by atoms with Gasteiger partial charge in [0.05, 0.1) is 18.2 Å². The number of benzene rings is 1. The molecule has 29 heavy (non-hydrogen) atoms. The number of hydrogen-bond donors (Lipinski definition) is 2. The molecular formula is C21H20N4O4. The van der Waals surface area contributed by atoms with Gasteiger partial charge in [0.1, 0.15) is 17.4 Å².